The number of nitrogens with one attached hydrogen (secondary N) is 1. The molecular weight excluding hydrogens is 440 g/mol. The number of ether oxygens (including phenoxy) is 1. The smallest absolute Gasteiger partial charge is 0.257 e. The van der Waals surface area contributed by atoms with Crippen LogP contribution in [0.4, 0.5) is 10.1 Å². The van der Waals surface area contributed by atoms with Crippen molar-refractivity contribution in [2.45, 2.75) is 0 Å². The maximum Gasteiger partial charge on any atom is 0.257 e. The van der Waals surface area contributed by atoms with Crippen molar-refractivity contribution in [3.8, 4) is 5.75 Å². The van der Waals surface area contributed by atoms with Gasteiger partial charge in [-0.1, -0.05) is 0 Å². The minimum atomic E-state index is -0.468. The summed E-state index contributed by atoms with van der Waals surface area (Å²) in [5.41, 5.74) is 0.521. The zero-order valence-electron chi connectivity index (χ0n) is 10.4. The predicted molar refractivity (Wildman–Crippen MR) is 87.8 cm³/mol. The highest BCUT2D eigenvalue weighted by molar-refractivity contribution is 14.1. The van der Waals surface area contributed by atoms with Crippen LogP contribution in [0.3, 0.4) is 0 Å². The van der Waals surface area contributed by atoms with Gasteiger partial charge in [0.25, 0.3) is 5.91 Å². The molecule has 0 bridgehead atoms. The fourth-order valence-electron chi connectivity index (χ4n) is 1.59. The van der Waals surface area contributed by atoms with Crippen molar-refractivity contribution in [3.05, 3.63) is 55.8 Å². The zero-order chi connectivity index (χ0) is 14.7. The van der Waals surface area contributed by atoms with Crippen molar-refractivity contribution in [3.63, 3.8) is 0 Å². The lowest BCUT2D eigenvalue weighted by molar-refractivity contribution is 0.102. The zero-order valence-corrected chi connectivity index (χ0v) is 14.2. The van der Waals surface area contributed by atoms with E-state index in [1.807, 2.05) is 22.6 Å². The number of amides is 1. The van der Waals surface area contributed by atoms with Crippen LogP contribution < -0.4 is 10.1 Å². The van der Waals surface area contributed by atoms with Crippen LogP contribution in [0.2, 0.25) is 0 Å². The van der Waals surface area contributed by atoms with E-state index in [1.165, 1.54) is 19.2 Å². The summed E-state index contributed by atoms with van der Waals surface area (Å²) >= 11 is 5.30. The van der Waals surface area contributed by atoms with Crippen LogP contribution in [-0.2, 0) is 0 Å². The molecule has 1 N–H and O–H groups in total. The molecule has 2 rings (SSSR count). The quantitative estimate of drug-likeness (QED) is 0.703. The monoisotopic (exact) mass is 449 g/mol. The number of carbonyl (C=O) groups excluding carboxylic acids is 1. The second kappa shape index (κ2) is 6.53. The first-order chi connectivity index (χ1) is 9.51. The SMILES string of the molecule is COc1ccc(Br)c(C(=O)Nc2ccc(I)cc2F)c1. The summed E-state index contributed by atoms with van der Waals surface area (Å²) in [4.78, 5) is 12.2. The van der Waals surface area contributed by atoms with Crippen molar-refractivity contribution >= 4 is 50.1 Å². The molecule has 0 fully saturated rings. The minimum absolute atomic E-state index is 0.144. The summed E-state index contributed by atoms with van der Waals surface area (Å²) in [5.74, 6) is -0.318. The van der Waals surface area contributed by atoms with Gasteiger partial charge in [0.05, 0.1) is 18.4 Å². The molecule has 2 aromatic rings. The average Bonchev–Trinajstić information content (AvgIpc) is 2.42. The van der Waals surface area contributed by atoms with Gasteiger partial charge in [0.1, 0.15) is 11.6 Å². The van der Waals surface area contributed by atoms with E-state index in [0.29, 0.717) is 15.8 Å². The van der Waals surface area contributed by atoms with Gasteiger partial charge in [-0.25, -0.2) is 4.39 Å². The Bertz CT molecular complexity index is 664. The van der Waals surface area contributed by atoms with Gasteiger partial charge >= 0.3 is 0 Å². The fraction of sp³-hybridized carbons (Fsp3) is 0.0714. The number of carbonyl (C=O) groups is 1. The molecule has 1 amide bonds. The number of methoxy groups -OCH3 is 1. The summed E-state index contributed by atoms with van der Waals surface area (Å²) in [6, 6.07) is 9.63. The number of halogens is 3. The molecule has 0 saturated heterocycles. The van der Waals surface area contributed by atoms with Gasteiger partial charge in [-0.05, 0) is 74.9 Å². The van der Waals surface area contributed by atoms with Gasteiger partial charge in [0, 0.05) is 8.04 Å². The second-order valence-electron chi connectivity index (χ2n) is 3.92. The third kappa shape index (κ3) is 3.49. The van der Waals surface area contributed by atoms with Gasteiger partial charge in [0.15, 0.2) is 0 Å². The molecule has 0 aromatic heterocycles. The Kier molecular flexibility index (Phi) is 4.98. The first-order valence-corrected chi connectivity index (χ1v) is 7.48. The molecule has 0 radical (unpaired) electrons. The number of hydrogen-bond acceptors (Lipinski definition) is 2. The van der Waals surface area contributed by atoms with E-state index in [-0.39, 0.29) is 5.69 Å². The number of benzene rings is 2. The van der Waals surface area contributed by atoms with E-state index in [9.17, 15) is 9.18 Å². The van der Waals surface area contributed by atoms with Crippen molar-refractivity contribution in [1.29, 1.82) is 0 Å². The van der Waals surface area contributed by atoms with Crippen LogP contribution in [-0.4, -0.2) is 13.0 Å². The second-order valence-corrected chi connectivity index (χ2v) is 6.02. The molecule has 0 unspecified atom stereocenters. The molecule has 0 aliphatic heterocycles. The van der Waals surface area contributed by atoms with Gasteiger partial charge in [-0.2, -0.15) is 0 Å². The minimum Gasteiger partial charge on any atom is -0.497 e. The molecule has 2 aromatic carbocycles. The van der Waals surface area contributed by atoms with Crippen molar-refractivity contribution < 1.29 is 13.9 Å². The third-order valence-electron chi connectivity index (χ3n) is 2.60. The summed E-state index contributed by atoms with van der Waals surface area (Å²) in [5, 5.41) is 2.54. The number of anilines is 1. The van der Waals surface area contributed by atoms with Crippen LogP contribution in [0, 0.1) is 9.39 Å². The highest BCUT2D eigenvalue weighted by Gasteiger charge is 2.13. The van der Waals surface area contributed by atoms with E-state index < -0.39 is 11.7 Å². The molecule has 20 heavy (non-hydrogen) atoms. The Balaban J connectivity index is 2.28. The van der Waals surface area contributed by atoms with Gasteiger partial charge in [0.2, 0.25) is 0 Å². The van der Waals surface area contributed by atoms with E-state index in [1.54, 1.807) is 24.3 Å². The number of hydrogen-bond donors (Lipinski definition) is 1. The lowest BCUT2D eigenvalue weighted by atomic mass is 10.2. The molecule has 0 heterocycles. The van der Waals surface area contributed by atoms with E-state index in [0.717, 1.165) is 3.57 Å². The highest BCUT2D eigenvalue weighted by Crippen LogP contribution is 2.24. The van der Waals surface area contributed by atoms with E-state index >= 15 is 0 Å². The summed E-state index contributed by atoms with van der Waals surface area (Å²) < 4.78 is 20.2. The van der Waals surface area contributed by atoms with Crippen molar-refractivity contribution in [2.75, 3.05) is 12.4 Å². The largest absolute Gasteiger partial charge is 0.497 e. The van der Waals surface area contributed by atoms with Gasteiger partial charge < -0.3 is 10.1 Å². The van der Waals surface area contributed by atoms with Crippen LogP contribution >= 0.6 is 38.5 Å². The number of rotatable bonds is 3. The third-order valence-corrected chi connectivity index (χ3v) is 3.96. The van der Waals surface area contributed by atoms with Crippen LogP contribution in [0.1, 0.15) is 10.4 Å². The molecule has 6 heteroatoms. The Morgan fingerprint density at radius 1 is 1.30 bits per heavy atom. The maximum absolute atomic E-state index is 13.7. The molecule has 104 valence electrons. The molecule has 0 aliphatic carbocycles. The topological polar surface area (TPSA) is 38.3 Å². The first kappa shape index (κ1) is 15.2. The van der Waals surface area contributed by atoms with Crippen molar-refractivity contribution in [2.24, 2.45) is 0 Å². The highest BCUT2D eigenvalue weighted by atomic mass is 127. The van der Waals surface area contributed by atoms with Crippen LogP contribution in [0.5, 0.6) is 5.75 Å². The van der Waals surface area contributed by atoms with Crippen molar-refractivity contribution in [1.82, 2.24) is 0 Å². The summed E-state index contributed by atoms with van der Waals surface area (Å²) in [6.07, 6.45) is 0. The first-order valence-electron chi connectivity index (χ1n) is 5.61. The molecular formula is C14H10BrFINO2. The predicted octanol–water partition coefficient (Wildman–Crippen LogP) is 4.45. The average molecular weight is 450 g/mol. The lowest BCUT2D eigenvalue weighted by Crippen LogP contribution is -2.13. The Labute approximate surface area is 137 Å². The lowest BCUT2D eigenvalue weighted by Gasteiger charge is -2.09. The molecule has 0 spiro atoms. The molecule has 0 aliphatic rings. The van der Waals surface area contributed by atoms with Crippen LogP contribution in [0.25, 0.3) is 0 Å². The standard InChI is InChI=1S/C14H10BrFINO2/c1-20-9-3-4-11(15)10(7-9)14(19)18-13-5-2-8(17)6-12(13)16/h2-7H,1H3,(H,18,19). The normalized spacial score (nSPS) is 10.2. The Morgan fingerprint density at radius 2 is 2.05 bits per heavy atom. The van der Waals surface area contributed by atoms with Gasteiger partial charge in [-0.15, -0.1) is 0 Å². The maximum atomic E-state index is 13.7. The Morgan fingerprint density at radius 3 is 2.70 bits per heavy atom. The summed E-state index contributed by atoms with van der Waals surface area (Å²) in [7, 11) is 1.52. The van der Waals surface area contributed by atoms with Gasteiger partial charge in [-0.3, -0.25) is 4.79 Å². The molecule has 3 nitrogen and oxygen atoms in total. The Hall–Kier alpha value is -1.15. The molecule has 0 atom stereocenters. The van der Waals surface area contributed by atoms with E-state index in [4.69, 9.17) is 4.74 Å². The van der Waals surface area contributed by atoms with E-state index in [2.05, 4.69) is 21.2 Å². The summed E-state index contributed by atoms with van der Waals surface area (Å²) in [6.45, 7) is 0. The fourth-order valence-corrected chi connectivity index (χ4v) is 2.47. The van der Waals surface area contributed by atoms with Crippen LogP contribution in [0.15, 0.2) is 40.9 Å². The molecule has 0 saturated carbocycles.